The van der Waals surface area contributed by atoms with E-state index in [4.69, 9.17) is 23.9 Å². The van der Waals surface area contributed by atoms with Crippen molar-refractivity contribution in [2.75, 3.05) is 13.7 Å². The fourth-order valence-corrected chi connectivity index (χ4v) is 6.75. The number of rotatable bonds is 10. The predicted molar refractivity (Wildman–Crippen MR) is 184 cm³/mol. The van der Waals surface area contributed by atoms with Crippen molar-refractivity contribution in [3.63, 3.8) is 0 Å². The van der Waals surface area contributed by atoms with Crippen molar-refractivity contribution in [3.8, 4) is 17.2 Å². The van der Waals surface area contributed by atoms with Gasteiger partial charge in [0.25, 0.3) is 5.56 Å². The van der Waals surface area contributed by atoms with Crippen molar-refractivity contribution in [1.29, 1.82) is 0 Å². The van der Waals surface area contributed by atoms with Crippen LogP contribution in [0.25, 0.3) is 16.8 Å². The number of benzene rings is 4. The van der Waals surface area contributed by atoms with E-state index in [0.717, 1.165) is 27.5 Å². The molecule has 1 aliphatic rings. The maximum absolute atomic E-state index is 14.1. The van der Waals surface area contributed by atoms with Crippen LogP contribution in [0.5, 0.6) is 17.2 Å². The number of thiazole rings is 1. The van der Waals surface area contributed by atoms with E-state index >= 15 is 0 Å². The molecule has 6 rings (SSSR count). The summed E-state index contributed by atoms with van der Waals surface area (Å²) in [5, 5.41) is 2.29. The van der Waals surface area contributed by atoms with Crippen LogP contribution in [0.4, 0.5) is 0 Å². The molecule has 0 bridgehead atoms. The lowest BCUT2D eigenvalue weighted by Gasteiger charge is -2.25. The Balaban J connectivity index is 1.36. The molecule has 0 radical (unpaired) electrons. The lowest BCUT2D eigenvalue weighted by atomic mass is 9.96. The van der Waals surface area contributed by atoms with Gasteiger partial charge in [-0.1, -0.05) is 72.0 Å². The Morgan fingerprint density at radius 1 is 0.979 bits per heavy atom. The largest absolute Gasteiger partial charge is 0.494 e. The van der Waals surface area contributed by atoms with E-state index < -0.39 is 12.0 Å². The first-order valence-corrected chi connectivity index (χ1v) is 16.3. The first kappa shape index (κ1) is 31.8. The summed E-state index contributed by atoms with van der Waals surface area (Å²) >= 11 is 1.27. The summed E-state index contributed by atoms with van der Waals surface area (Å²) in [6.07, 6.45) is 1.48. The molecule has 1 aromatic heterocycles. The number of nitrogens with zero attached hydrogens (tertiary/aromatic N) is 2. The molecule has 4 aromatic carbocycles. The molecular formula is C38H36N2O6S. The second-order valence-corrected chi connectivity index (χ2v) is 12.4. The zero-order chi connectivity index (χ0) is 33.1. The summed E-state index contributed by atoms with van der Waals surface area (Å²) in [4.78, 5) is 32.7. The van der Waals surface area contributed by atoms with Gasteiger partial charge in [0.15, 0.2) is 16.3 Å². The Hall–Kier alpha value is -5.15. The van der Waals surface area contributed by atoms with E-state index in [1.54, 1.807) is 32.4 Å². The van der Waals surface area contributed by atoms with Gasteiger partial charge in [-0.25, -0.2) is 9.79 Å². The fraction of sp³-hybridized carbons (Fsp3) is 0.237. The van der Waals surface area contributed by atoms with Gasteiger partial charge >= 0.3 is 5.97 Å². The van der Waals surface area contributed by atoms with Gasteiger partial charge in [0, 0.05) is 0 Å². The lowest BCUT2D eigenvalue weighted by molar-refractivity contribution is -0.143. The molecule has 0 saturated carbocycles. The van der Waals surface area contributed by atoms with Gasteiger partial charge in [-0.15, -0.1) is 0 Å². The van der Waals surface area contributed by atoms with Gasteiger partial charge in [-0.05, 0) is 85.5 Å². The average Bonchev–Trinajstić information content (AvgIpc) is 3.37. The Kier molecular flexibility index (Phi) is 9.26. The number of carbonyl (C=O) groups excluding carboxylic acids is 1. The van der Waals surface area contributed by atoms with Crippen LogP contribution in [0.15, 0.2) is 106 Å². The first-order chi connectivity index (χ1) is 22.8. The maximum atomic E-state index is 14.1. The number of methoxy groups -OCH3 is 1. The Morgan fingerprint density at radius 2 is 1.74 bits per heavy atom. The molecule has 0 N–H and O–H groups in total. The number of fused-ring (bicyclic) bond motifs is 2. The third-order valence-corrected chi connectivity index (χ3v) is 8.82. The number of hydrogen-bond acceptors (Lipinski definition) is 8. The second kappa shape index (κ2) is 13.7. The van der Waals surface area contributed by atoms with E-state index in [1.165, 1.54) is 11.3 Å². The van der Waals surface area contributed by atoms with Crippen LogP contribution in [-0.4, -0.2) is 30.4 Å². The molecule has 0 fully saturated rings. The predicted octanol–water partition coefficient (Wildman–Crippen LogP) is 6.33. The summed E-state index contributed by atoms with van der Waals surface area (Å²) in [6.45, 7) is 8.19. The van der Waals surface area contributed by atoms with E-state index in [9.17, 15) is 9.59 Å². The fourth-order valence-electron chi connectivity index (χ4n) is 5.71. The Labute approximate surface area is 276 Å². The molecule has 240 valence electrons. The zero-order valence-electron chi connectivity index (χ0n) is 27.0. The van der Waals surface area contributed by atoms with Gasteiger partial charge in [0.2, 0.25) is 0 Å². The van der Waals surface area contributed by atoms with Crippen LogP contribution in [0.3, 0.4) is 0 Å². The number of aromatic nitrogens is 1. The molecule has 47 heavy (non-hydrogen) atoms. The van der Waals surface area contributed by atoms with E-state index in [0.29, 0.717) is 51.1 Å². The van der Waals surface area contributed by atoms with E-state index in [-0.39, 0.29) is 11.7 Å². The van der Waals surface area contributed by atoms with Crippen LogP contribution in [0.2, 0.25) is 0 Å². The molecule has 0 spiro atoms. The Bertz CT molecular complexity index is 2160. The first-order valence-electron chi connectivity index (χ1n) is 15.5. The number of carbonyl (C=O) groups is 1. The normalized spacial score (nSPS) is 14.6. The van der Waals surface area contributed by atoms with Crippen LogP contribution in [0, 0.1) is 0 Å². The number of ether oxygens (including phenoxy) is 4. The summed E-state index contributed by atoms with van der Waals surface area (Å²) in [7, 11) is 1.59. The van der Waals surface area contributed by atoms with Crippen LogP contribution in [-0.2, 0) is 16.1 Å². The highest BCUT2D eigenvalue weighted by molar-refractivity contribution is 7.07. The second-order valence-electron chi connectivity index (χ2n) is 11.4. The molecule has 2 heterocycles. The summed E-state index contributed by atoms with van der Waals surface area (Å²) in [5.74, 6) is 1.35. The van der Waals surface area contributed by atoms with Crippen molar-refractivity contribution < 1.29 is 23.7 Å². The molecular weight excluding hydrogens is 612 g/mol. The minimum atomic E-state index is -0.713. The topological polar surface area (TPSA) is 88.4 Å². The summed E-state index contributed by atoms with van der Waals surface area (Å²) in [6, 6.07) is 26.7. The smallest absolute Gasteiger partial charge is 0.338 e. The van der Waals surface area contributed by atoms with E-state index in [2.05, 4.69) is 24.3 Å². The zero-order valence-corrected chi connectivity index (χ0v) is 27.8. The van der Waals surface area contributed by atoms with Gasteiger partial charge in [0.1, 0.15) is 12.4 Å². The molecule has 1 aliphatic heterocycles. The highest BCUT2D eigenvalue weighted by atomic mass is 32.1. The third kappa shape index (κ3) is 6.57. The molecule has 9 heteroatoms. The molecule has 0 saturated heterocycles. The van der Waals surface area contributed by atoms with Crippen molar-refractivity contribution in [2.45, 2.75) is 46.4 Å². The third-order valence-electron chi connectivity index (χ3n) is 7.84. The van der Waals surface area contributed by atoms with E-state index in [1.807, 2.05) is 73.7 Å². The number of allylic oxidation sites excluding steroid dienone is 1. The Morgan fingerprint density at radius 3 is 2.49 bits per heavy atom. The minimum absolute atomic E-state index is 0.259. The molecule has 1 atom stereocenters. The van der Waals surface area contributed by atoms with Gasteiger partial charge < -0.3 is 18.9 Å². The quantitative estimate of drug-likeness (QED) is 0.165. The number of esters is 1. The van der Waals surface area contributed by atoms with Crippen molar-refractivity contribution in [3.05, 3.63) is 133 Å². The SMILES string of the molecule is CCOc1ccc([C@H]2C(C(=O)OC(C)C)=C(C)N=c3s/c(=C/c4ccc(OCc5cccc6ccccc56)c(OC)c4)c(=O)n32)cc1. The van der Waals surface area contributed by atoms with Crippen LogP contribution < -0.4 is 29.1 Å². The number of hydrogen-bond donors (Lipinski definition) is 0. The molecule has 0 unspecified atom stereocenters. The van der Waals surface area contributed by atoms with Crippen molar-refractivity contribution in [1.82, 2.24) is 4.57 Å². The molecule has 8 nitrogen and oxygen atoms in total. The van der Waals surface area contributed by atoms with Crippen molar-refractivity contribution >= 4 is 34.2 Å². The van der Waals surface area contributed by atoms with Crippen LogP contribution >= 0.6 is 11.3 Å². The molecule has 0 amide bonds. The minimum Gasteiger partial charge on any atom is -0.494 e. The highest BCUT2D eigenvalue weighted by Crippen LogP contribution is 2.33. The standard InChI is InChI=1S/C38H36N2O6S/c1-6-44-29-17-15-27(16-18-29)35-34(37(42)46-23(2)3)24(4)39-38-40(35)36(41)33(47-38)21-25-14-19-31(32(20-25)43-5)45-22-28-12-9-11-26-10-7-8-13-30(26)28/h7-21,23,35H,6,22H2,1-5H3/b33-21+/t35-/m0/s1. The lowest BCUT2D eigenvalue weighted by Crippen LogP contribution is -2.40. The van der Waals surface area contributed by atoms with Gasteiger partial charge in [-0.2, -0.15) is 0 Å². The van der Waals surface area contributed by atoms with Gasteiger partial charge in [0.05, 0.1) is 41.7 Å². The summed E-state index contributed by atoms with van der Waals surface area (Å²) < 4.78 is 25.2. The average molecular weight is 649 g/mol. The summed E-state index contributed by atoms with van der Waals surface area (Å²) in [5.41, 5.74) is 3.17. The van der Waals surface area contributed by atoms with Crippen LogP contribution in [0.1, 0.15) is 50.4 Å². The van der Waals surface area contributed by atoms with Crippen molar-refractivity contribution in [2.24, 2.45) is 4.99 Å². The molecule has 5 aromatic rings. The molecule has 0 aliphatic carbocycles. The van der Waals surface area contributed by atoms with Gasteiger partial charge in [-0.3, -0.25) is 9.36 Å². The maximum Gasteiger partial charge on any atom is 0.338 e. The highest BCUT2D eigenvalue weighted by Gasteiger charge is 2.33. The monoisotopic (exact) mass is 648 g/mol.